The van der Waals surface area contributed by atoms with Gasteiger partial charge in [0.15, 0.2) is 6.61 Å². The van der Waals surface area contributed by atoms with Gasteiger partial charge in [-0.15, -0.1) is 0 Å². The predicted molar refractivity (Wildman–Crippen MR) is 94.7 cm³/mol. The first kappa shape index (κ1) is 20.2. The van der Waals surface area contributed by atoms with Crippen LogP contribution in [0.4, 0.5) is 8.78 Å². The molecule has 0 fully saturated rings. The summed E-state index contributed by atoms with van der Waals surface area (Å²) < 4.78 is 35.0. The summed E-state index contributed by atoms with van der Waals surface area (Å²) in [6.07, 6.45) is 0.475. The second-order valence-electron chi connectivity index (χ2n) is 5.62. The summed E-state index contributed by atoms with van der Waals surface area (Å²) in [6.45, 7) is -1.41. The number of halogens is 2. The van der Waals surface area contributed by atoms with Crippen molar-refractivity contribution in [3.05, 3.63) is 59.7 Å². The Morgan fingerprint density at radius 3 is 2.37 bits per heavy atom. The van der Waals surface area contributed by atoms with Crippen molar-refractivity contribution in [3.8, 4) is 11.5 Å². The van der Waals surface area contributed by atoms with Crippen LogP contribution in [0.5, 0.6) is 11.5 Å². The molecular weight excluding hydrogens is 358 g/mol. The molecule has 2 aromatic rings. The maximum Gasteiger partial charge on any atom is 0.387 e. The summed E-state index contributed by atoms with van der Waals surface area (Å²) in [5, 5.41) is 2.73. The molecule has 1 atom stereocenters. The Hall–Kier alpha value is -3.16. The zero-order chi connectivity index (χ0) is 19.8. The van der Waals surface area contributed by atoms with Gasteiger partial charge in [0.2, 0.25) is 5.91 Å². The van der Waals surface area contributed by atoms with Crippen LogP contribution in [-0.4, -0.2) is 25.0 Å². The van der Waals surface area contributed by atoms with Gasteiger partial charge in [-0.3, -0.25) is 9.59 Å². The highest BCUT2D eigenvalue weighted by molar-refractivity contribution is 5.92. The highest BCUT2D eigenvalue weighted by Gasteiger charge is 2.19. The molecule has 0 saturated carbocycles. The van der Waals surface area contributed by atoms with Gasteiger partial charge in [0.05, 0.1) is 6.04 Å². The lowest BCUT2D eigenvalue weighted by Crippen LogP contribution is -2.32. The quantitative estimate of drug-likeness (QED) is 0.702. The third-order valence-corrected chi connectivity index (χ3v) is 3.76. The number of nitrogens with two attached hydrogens (primary N) is 1. The average Bonchev–Trinajstić information content (AvgIpc) is 2.65. The molecule has 27 heavy (non-hydrogen) atoms. The molecule has 0 radical (unpaired) electrons. The molecule has 0 saturated heterocycles. The molecule has 1 unspecified atom stereocenters. The lowest BCUT2D eigenvalue weighted by molar-refractivity contribution is -0.123. The van der Waals surface area contributed by atoms with E-state index in [-0.39, 0.29) is 12.4 Å². The van der Waals surface area contributed by atoms with Gasteiger partial charge in [-0.1, -0.05) is 25.1 Å². The molecule has 144 valence electrons. The summed E-state index contributed by atoms with van der Waals surface area (Å²) >= 11 is 0. The van der Waals surface area contributed by atoms with E-state index in [9.17, 15) is 18.4 Å². The number of carbonyl (C=O) groups excluding carboxylic acids is 2. The molecule has 2 aromatic carbocycles. The highest BCUT2D eigenvalue weighted by Crippen LogP contribution is 2.28. The largest absolute Gasteiger partial charge is 0.484 e. The summed E-state index contributed by atoms with van der Waals surface area (Å²) in [5.74, 6) is -0.574. The monoisotopic (exact) mass is 378 g/mol. The maximum atomic E-state index is 12.6. The molecule has 0 bridgehead atoms. The molecule has 6 nitrogen and oxygen atoms in total. The van der Waals surface area contributed by atoms with E-state index in [1.54, 1.807) is 18.2 Å². The average molecular weight is 378 g/mol. The van der Waals surface area contributed by atoms with Crippen LogP contribution >= 0.6 is 0 Å². The smallest absolute Gasteiger partial charge is 0.387 e. The normalized spacial score (nSPS) is 11.7. The Morgan fingerprint density at radius 2 is 1.78 bits per heavy atom. The van der Waals surface area contributed by atoms with E-state index in [1.165, 1.54) is 30.3 Å². The first-order valence-corrected chi connectivity index (χ1v) is 8.26. The Balaban J connectivity index is 1.98. The summed E-state index contributed by atoms with van der Waals surface area (Å²) in [4.78, 5) is 23.2. The highest BCUT2D eigenvalue weighted by atomic mass is 19.3. The van der Waals surface area contributed by atoms with Crippen LogP contribution in [-0.2, 0) is 4.79 Å². The summed E-state index contributed by atoms with van der Waals surface area (Å²) in [6, 6.07) is 11.8. The number of para-hydroxylation sites is 1. The predicted octanol–water partition coefficient (Wildman–Crippen LogP) is 3.03. The van der Waals surface area contributed by atoms with Crippen LogP contribution in [0, 0.1) is 0 Å². The molecule has 8 heteroatoms. The standard InChI is InChI=1S/C19H20F2N2O4/c1-2-15(14-5-3-4-6-16(14)27-19(20)21)23-17(24)11-26-13-9-7-12(8-10-13)18(22)25/h3-10,15,19H,2,11H2,1H3,(H2,22,25)(H,23,24). The van der Waals surface area contributed by atoms with Crippen molar-refractivity contribution < 1.29 is 27.8 Å². The lowest BCUT2D eigenvalue weighted by atomic mass is 10.0. The minimum atomic E-state index is -2.95. The van der Waals surface area contributed by atoms with Crippen molar-refractivity contribution in [1.29, 1.82) is 0 Å². The Kier molecular flexibility index (Phi) is 7.10. The fourth-order valence-electron chi connectivity index (χ4n) is 2.47. The van der Waals surface area contributed by atoms with Gasteiger partial charge in [0.1, 0.15) is 11.5 Å². The molecule has 0 spiro atoms. The molecule has 2 amide bonds. The third kappa shape index (κ3) is 5.95. The van der Waals surface area contributed by atoms with E-state index in [1.807, 2.05) is 6.92 Å². The van der Waals surface area contributed by atoms with Crippen LogP contribution in [0.1, 0.15) is 35.3 Å². The number of hydrogen-bond acceptors (Lipinski definition) is 4. The van der Waals surface area contributed by atoms with Gasteiger partial charge in [-0.05, 0) is 36.8 Å². The maximum absolute atomic E-state index is 12.6. The molecule has 3 N–H and O–H groups in total. The summed E-state index contributed by atoms with van der Waals surface area (Å²) in [7, 11) is 0. The summed E-state index contributed by atoms with van der Waals surface area (Å²) in [5.41, 5.74) is 5.94. The molecular formula is C19H20F2N2O4. The Morgan fingerprint density at radius 1 is 1.11 bits per heavy atom. The minimum Gasteiger partial charge on any atom is -0.484 e. The molecule has 2 rings (SSSR count). The molecule has 0 aromatic heterocycles. The van der Waals surface area contributed by atoms with Crippen LogP contribution in [0.15, 0.2) is 48.5 Å². The van der Waals surface area contributed by atoms with Crippen LogP contribution in [0.3, 0.4) is 0 Å². The zero-order valence-electron chi connectivity index (χ0n) is 14.7. The minimum absolute atomic E-state index is 0.0163. The van der Waals surface area contributed by atoms with Gasteiger partial charge >= 0.3 is 6.61 Å². The van der Waals surface area contributed by atoms with Crippen molar-refractivity contribution >= 4 is 11.8 Å². The van der Waals surface area contributed by atoms with Gasteiger partial charge in [-0.25, -0.2) is 0 Å². The molecule has 0 aliphatic carbocycles. The number of amides is 2. The number of alkyl halides is 2. The van der Waals surface area contributed by atoms with E-state index in [0.717, 1.165) is 0 Å². The number of primary amides is 1. The van der Waals surface area contributed by atoms with Crippen molar-refractivity contribution in [3.63, 3.8) is 0 Å². The van der Waals surface area contributed by atoms with E-state index in [0.29, 0.717) is 23.3 Å². The first-order valence-electron chi connectivity index (χ1n) is 8.26. The molecule has 0 aliphatic heterocycles. The van der Waals surface area contributed by atoms with Crippen molar-refractivity contribution in [1.82, 2.24) is 5.32 Å². The number of rotatable bonds is 9. The van der Waals surface area contributed by atoms with Gasteiger partial charge in [0, 0.05) is 11.1 Å². The molecule has 0 aliphatic rings. The van der Waals surface area contributed by atoms with Crippen LogP contribution < -0.4 is 20.5 Å². The Labute approximate surface area is 155 Å². The van der Waals surface area contributed by atoms with Gasteiger partial charge in [-0.2, -0.15) is 8.78 Å². The lowest BCUT2D eigenvalue weighted by Gasteiger charge is -2.20. The SMILES string of the molecule is CCC(NC(=O)COc1ccc(C(N)=O)cc1)c1ccccc1OC(F)F. The third-order valence-electron chi connectivity index (χ3n) is 3.76. The van der Waals surface area contributed by atoms with Gasteiger partial charge < -0.3 is 20.5 Å². The van der Waals surface area contributed by atoms with E-state index >= 15 is 0 Å². The topological polar surface area (TPSA) is 90.6 Å². The number of nitrogens with one attached hydrogen (secondary N) is 1. The van der Waals surface area contributed by atoms with Crippen LogP contribution in [0.25, 0.3) is 0 Å². The van der Waals surface area contributed by atoms with E-state index in [4.69, 9.17) is 10.5 Å². The number of ether oxygens (including phenoxy) is 2. The van der Waals surface area contributed by atoms with E-state index < -0.39 is 24.5 Å². The fourth-order valence-corrected chi connectivity index (χ4v) is 2.47. The van der Waals surface area contributed by atoms with Crippen molar-refractivity contribution in [2.75, 3.05) is 6.61 Å². The number of hydrogen-bond donors (Lipinski definition) is 2. The second kappa shape index (κ2) is 9.51. The van der Waals surface area contributed by atoms with Crippen LogP contribution in [0.2, 0.25) is 0 Å². The van der Waals surface area contributed by atoms with E-state index in [2.05, 4.69) is 10.1 Å². The van der Waals surface area contributed by atoms with Crippen molar-refractivity contribution in [2.24, 2.45) is 5.73 Å². The fraction of sp³-hybridized carbons (Fsp3) is 0.263. The first-order chi connectivity index (χ1) is 12.9. The zero-order valence-corrected chi connectivity index (χ0v) is 14.7. The number of benzene rings is 2. The van der Waals surface area contributed by atoms with Crippen molar-refractivity contribution in [2.45, 2.75) is 26.0 Å². The van der Waals surface area contributed by atoms with Gasteiger partial charge in [0.25, 0.3) is 5.91 Å². The Bertz CT molecular complexity index is 782. The molecule has 0 heterocycles. The number of carbonyl (C=O) groups is 2. The second-order valence-corrected chi connectivity index (χ2v) is 5.62.